The molecule has 3 heterocycles. The number of aromatic nitrogens is 3. The molecule has 15 heteroatoms. The van der Waals surface area contributed by atoms with Gasteiger partial charge in [-0.2, -0.15) is 13.2 Å². The molecule has 0 spiro atoms. The lowest BCUT2D eigenvalue weighted by Crippen LogP contribution is -2.44. The number of hydrogen-bond donors (Lipinski definition) is 2. The minimum Gasteiger partial charge on any atom is -0.481 e. The second-order valence-electron chi connectivity index (χ2n) is 12.1. The number of carbonyl (C=O) groups is 1. The Bertz CT molecular complexity index is 1840. The maximum absolute atomic E-state index is 14.3. The smallest absolute Gasteiger partial charge is 0.404 e. The van der Waals surface area contributed by atoms with E-state index >= 15 is 0 Å². The molecule has 3 atom stereocenters. The van der Waals surface area contributed by atoms with Crippen LogP contribution in [0.4, 0.5) is 17.6 Å². The predicted molar refractivity (Wildman–Crippen MR) is 170 cm³/mol. The van der Waals surface area contributed by atoms with Crippen molar-refractivity contribution in [1.82, 2.24) is 24.8 Å². The van der Waals surface area contributed by atoms with E-state index in [4.69, 9.17) is 9.40 Å². The second-order valence-corrected chi connectivity index (χ2v) is 15.1. The van der Waals surface area contributed by atoms with Crippen LogP contribution in [0, 0.1) is 5.41 Å². The number of carboxylic acid groups (broad SMARTS) is 1. The molecule has 1 aliphatic heterocycles. The first kappa shape index (κ1) is 33.9. The van der Waals surface area contributed by atoms with E-state index in [1.165, 1.54) is 24.3 Å². The Kier molecular flexibility index (Phi) is 9.60. The molecule has 1 saturated heterocycles. The highest BCUT2D eigenvalue weighted by Crippen LogP contribution is 2.41. The molecule has 2 aromatic carbocycles. The van der Waals surface area contributed by atoms with Crippen LogP contribution in [0.25, 0.3) is 32.1 Å². The Hall–Kier alpha value is -3.40. The number of alkyl halides is 4. The van der Waals surface area contributed by atoms with E-state index in [-0.39, 0.29) is 36.1 Å². The molecular formula is C31H35F4N5O4S2. The van der Waals surface area contributed by atoms with Crippen molar-refractivity contribution in [2.24, 2.45) is 5.41 Å². The van der Waals surface area contributed by atoms with Crippen molar-refractivity contribution in [3.8, 4) is 21.3 Å². The molecule has 5 rings (SSSR count). The van der Waals surface area contributed by atoms with Crippen molar-refractivity contribution in [2.75, 3.05) is 13.1 Å². The lowest BCUT2D eigenvalue weighted by atomic mass is 9.90. The molecule has 0 radical (unpaired) electrons. The molecule has 9 nitrogen and oxygen atoms in total. The summed E-state index contributed by atoms with van der Waals surface area (Å²) in [6.07, 6.45) is -4.71. The largest absolute Gasteiger partial charge is 0.481 e. The molecule has 0 amide bonds. The van der Waals surface area contributed by atoms with Gasteiger partial charge in [0.25, 0.3) is 5.89 Å². The second kappa shape index (κ2) is 13.0. The van der Waals surface area contributed by atoms with E-state index in [0.717, 1.165) is 0 Å². The van der Waals surface area contributed by atoms with Crippen LogP contribution < -0.4 is 4.72 Å². The number of aliphatic carboxylic acids is 1. The van der Waals surface area contributed by atoms with Crippen molar-refractivity contribution < 1.29 is 36.1 Å². The van der Waals surface area contributed by atoms with E-state index < -0.39 is 39.5 Å². The number of thiazole rings is 1. The Morgan fingerprint density at radius 2 is 1.93 bits per heavy atom. The van der Waals surface area contributed by atoms with Crippen molar-refractivity contribution in [2.45, 2.75) is 76.3 Å². The highest BCUT2D eigenvalue weighted by molar-refractivity contribution is 7.98. The van der Waals surface area contributed by atoms with Gasteiger partial charge >= 0.3 is 12.1 Å². The molecule has 4 aromatic rings. The van der Waals surface area contributed by atoms with E-state index in [9.17, 15) is 31.7 Å². The van der Waals surface area contributed by atoms with Gasteiger partial charge in [-0.3, -0.25) is 9.69 Å². The first-order valence-electron chi connectivity index (χ1n) is 14.7. The van der Waals surface area contributed by atoms with Gasteiger partial charge < -0.3 is 9.52 Å². The third-order valence-electron chi connectivity index (χ3n) is 7.96. The van der Waals surface area contributed by atoms with Crippen LogP contribution in [0.2, 0.25) is 0 Å². The van der Waals surface area contributed by atoms with Crippen LogP contribution in [-0.4, -0.2) is 72.7 Å². The summed E-state index contributed by atoms with van der Waals surface area (Å²) in [6.45, 7) is 5.69. The van der Waals surface area contributed by atoms with Gasteiger partial charge in [-0.05, 0) is 62.4 Å². The molecule has 46 heavy (non-hydrogen) atoms. The van der Waals surface area contributed by atoms with Crippen LogP contribution in [0.3, 0.4) is 0 Å². The van der Waals surface area contributed by atoms with Gasteiger partial charge in [0.2, 0.25) is 5.89 Å². The molecule has 0 bridgehead atoms. The van der Waals surface area contributed by atoms with Crippen molar-refractivity contribution in [1.29, 1.82) is 0 Å². The molecule has 0 aliphatic carbocycles. The third kappa shape index (κ3) is 7.27. The van der Waals surface area contributed by atoms with Crippen LogP contribution in [-0.2, 0) is 27.5 Å². The van der Waals surface area contributed by atoms with E-state index in [0.29, 0.717) is 57.8 Å². The van der Waals surface area contributed by atoms with Gasteiger partial charge in [0.1, 0.15) is 12.2 Å². The Labute approximate surface area is 268 Å². The average Bonchev–Trinajstić information content (AvgIpc) is 3.61. The van der Waals surface area contributed by atoms with E-state index in [2.05, 4.69) is 20.8 Å². The average molecular weight is 682 g/mol. The van der Waals surface area contributed by atoms with Gasteiger partial charge in [-0.15, -0.1) is 21.5 Å². The van der Waals surface area contributed by atoms with Gasteiger partial charge in [0, 0.05) is 25.1 Å². The zero-order chi connectivity index (χ0) is 33.4. The summed E-state index contributed by atoms with van der Waals surface area (Å²) in [4.78, 5) is 19.2. The number of fused-ring (bicyclic) bond motifs is 1. The maximum Gasteiger partial charge on any atom is 0.404 e. The van der Waals surface area contributed by atoms with E-state index in [1.54, 1.807) is 44.2 Å². The number of rotatable bonds is 11. The quantitative estimate of drug-likeness (QED) is 0.136. The Morgan fingerprint density at radius 3 is 2.59 bits per heavy atom. The Morgan fingerprint density at radius 1 is 1.22 bits per heavy atom. The number of halogens is 4. The summed E-state index contributed by atoms with van der Waals surface area (Å²) >= 11 is 1.24. The summed E-state index contributed by atoms with van der Waals surface area (Å²) in [7, 11) is -3.58. The summed E-state index contributed by atoms with van der Waals surface area (Å²) in [5.41, 5.74) is 0.144. The highest BCUT2D eigenvalue weighted by atomic mass is 32.2. The standard InChI is InChI=1S/C31H35F4N5O4S2/c1-5-24(31(33,34)35)39-46(4,43)23-13-12-21(19-10-6-7-11-20(19)23)26-22(17-40-14-8-9-18(32)16-40)36-28(45-26)27-38-37-25(44-27)15-30(2,3)29(41)42/h6-7,10-13,18,24H,4-5,8-9,14-17H2,1-3H3,(H,39,43)(H,41,42)/t18-,24+,46?/m1/s1. The van der Waals surface area contributed by atoms with Crippen LogP contribution in [0.1, 0.15) is 51.6 Å². The zero-order valence-electron chi connectivity index (χ0n) is 25.6. The van der Waals surface area contributed by atoms with Crippen molar-refractivity contribution in [3.05, 3.63) is 48.0 Å². The fourth-order valence-electron chi connectivity index (χ4n) is 5.41. The topological polar surface area (TPSA) is 121 Å². The molecule has 0 saturated carbocycles. The van der Waals surface area contributed by atoms with E-state index in [1.807, 2.05) is 4.90 Å². The molecule has 1 aliphatic rings. The number of carboxylic acids is 1. The monoisotopic (exact) mass is 681 g/mol. The van der Waals surface area contributed by atoms with Crippen molar-refractivity contribution >= 4 is 43.7 Å². The molecule has 2 N–H and O–H groups in total. The normalized spacial score (nSPS) is 18.5. The number of hydrogen-bond acceptors (Lipinski definition) is 8. The summed E-state index contributed by atoms with van der Waals surface area (Å²) in [5.74, 6) is 2.89. The zero-order valence-corrected chi connectivity index (χ0v) is 27.2. The number of nitrogens with one attached hydrogen (secondary N) is 1. The lowest BCUT2D eigenvalue weighted by molar-refractivity contribution is -0.151. The van der Waals surface area contributed by atoms with Gasteiger partial charge in [0.05, 0.1) is 30.6 Å². The first-order valence-corrected chi connectivity index (χ1v) is 17.3. The van der Waals surface area contributed by atoms with Crippen molar-refractivity contribution in [3.63, 3.8) is 0 Å². The SMILES string of the molecule is C=S(=O)(N[C@@H](CC)C(F)(F)F)c1ccc(-c2sc(-c3nnc(CC(C)(C)C(=O)O)o3)nc2CN2CCC[C@@H](F)C2)c2ccccc12. The van der Waals surface area contributed by atoms with Gasteiger partial charge in [0.15, 0.2) is 5.01 Å². The predicted octanol–water partition coefficient (Wildman–Crippen LogP) is 6.52. The highest BCUT2D eigenvalue weighted by Gasteiger charge is 2.40. The summed E-state index contributed by atoms with van der Waals surface area (Å²) in [5, 5.41) is 19.1. The van der Waals surface area contributed by atoms with Crippen LogP contribution in [0.15, 0.2) is 45.7 Å². The number of piperidine rings is 1. The number of likely N-dealkylation sites (tertiary alicyclic amines) is 1. The lowest BCUT2D eigenvalue weighted by Gasteiger charge is -2.28. The van der Waals surface area contributed by atoms with Gasteiger partial charge in [-0.25, -0.2) is 18.3 Å². The van der Waals surface area contributed by atoms with Crippen LogP contribution >= 0.6 is 11.3 Å². The molecule has 1 unspecified atom stereocenters. The molecule has 2 aromatic heterocycles. The third-order valence-corrected chi connectivity index (χ3v) is 10.8. The van der Waals surface area contributed by atoms with Crippen LogP contribution in [0.5, 0.6) is 0 Å². The first-order chi connectivity index (χ1) is 21.6. The fraction of sp³-hybridized carbons (Fsp3) is 0.452. The Balaban J connectivity index is 1.59. The molecular weight excluding hydrogens is 646 g/mol. The maximum atomic E-state index is 14.3. The minimum atomic E-state index is -4.61. The fourth-order valence-corrected chi connectivity index (χ4v) is 8.16. The van der Waals surface area contributed by atoms with Gasteiger partial charge in [-0.1, -0.05) is 37.3 Å². The number of benzene rings is 2. The summed E-state index contributed by atoms with van der Waals surface area (Å²) < 4.78 is 76.9. The minimum absolute atomic E-state index is 0.00375. The molecule has 248 valence electrons. The molecule has 1 fully saturated rings. The number of nitrogens with zero attached hydrogens (tertiary/aromatic N) is 4. The summed E-state index contributed by atoms with van der Waals surface area (Å²) in [6, 6.07) is 8.14.